The Hall–Kier alpha value is -1.46. The fourth-order valence-corrected chi connectivity index (χ4v) is 1.19. The van der Waals surface area contributed by atoms with Gasteiger partial charge in [0.2, 0.25) is 0 Å². The number of hydroxylamine groups is 2. The average molecular weight is 196 g/mol. The van der Waals surface area contributed by atoms with E-state index in [4.69, 9.17) is 5.21 Å². The maximum absolute atomic E-state index is 10.5. The zero-order valence-electron chi connectivity index (χ0n) is 8.10. The lowest BCUT2D eigenvalue weighted by molar-refractivity contribution is -0.385. The molecule has 5 nitrogen and oxygen atoms in total. The number of nitro benzene ring substituents is 1. The number of aryl methyl sites for hydroxylation is 1. The van der Waals surface area contributed by atoms with E-state index in [1.165, 1.54) is 19.2 Å². The minimum absolute atomic E-state index is 0.0486. The molecule has 0 atom stereocenters. The van der Waals surface area contributed by atoms with E-state index in [0.717, 1.165) is 16.2 Å². The van der Waals surface area contributed by atoms with Crippen molar-refractivity contribution in [1.82, 2.24) is 5.06 Å². The SMILES string of the molecule is Cc1ccc([N+](=O)[O-])cc1CN(C)O. The second-order valence-electron chi connectivity index (χ2n) is 3.18. The number of hydrogen-bond donors (Lipinski definition) is 1. The Balaban J connectivity index is 3.02. The molecule has 0 spiro atoms. The minimum Gasteiger partial charge on any atom is -0.314 e. The quantitative estimate of drug-likeness (QED) is 0.590. The second-order valence-corrected chi connectivity index (χ2v) is 3.18. The molecule has 0 bridgehead atoms. The molecule has 0 amide bonds. The maximum atomic E-state index is 10.5. The standard InChI is InChI=1S/C9H12N2O3/c1-7-3-4-9(11(13)14)5-8(7)6-10(2)12/h3-5,12H,6H2,1-2H3. The van der Waals surface area contributed by atoms with E-state index in [-0.39, 0.29) is 12.2 Å². The average Bonchev–Trinajstić information content (AvgIpc) is 2.07. The summed E-state index contributed by atoms with van der Waals surface area (Å²) in [5.41, 5.74) is 1.73. The first kappa shape index (κ1) is 10.6. The highest BCUT2D eigenvalue weighted by atomic mass is 16.6. The van der Waals surface area contributed by atoms with Crippen LogP contribution in [0.3, 0.4) is 0 Å². The third-order valence-electron chi connectivity index (χ3n) is 1.94. The first-order valence-corrected chi connectivity index (χ1v) is 4.14. The molecule has 76 valence electrons. The molecule has 0 heterocycles. The Bertz CT molecular complexity index is 350. The summed E-state index contributed by atoms with van der Waals surface area (Å²) in [5, 5.41) is 20.5. The van der Waals surface area contributed by atoms with Crippen molar-refractivity contribution < 1.29 is 10.1 Å². The molecule has 0 aliphatic carbocycles. The number of nitrogens with zero attached hydrogens (tertiary/aromatic N) is 2. The Labute approximate surface area is 81.7 Å². The molecule has 0 aliphatic rings. The van der Waals surface area contributed by atoms with Gasteiger partial charge in [-0.3, -0.25) is 10.1 Å². The molecule has 0 radical (unpaired) electrons. The number of non-ortho nitro benzene ring substituents is 1. The Morgan fingerprint density at radius 1 is 1.57 bits per heavy atom. The van der Waals surface area contributed by atoms with Gasteiger partial charge in [0.05, 0.1) is 4.92 Å². The molecular formula is C9H12N2O3. The van der Waals surface area contributed by atoms with Crippen molar-refractivity contribution in [2.24, 2.45) is 0 Å². The maximum Gasteiger partial charge on any atom is 0.269 e. The lowest BCUT2D eigenvalue weighted by Crippen LogP contribution is -2.12. The van der Waals surface area contributed by atoms with Crippen LogP contribution in [0.1, 0.15) is 11.1 Å². The van der Waals surface area contributed by atoms with Crippen molar-refractivity contribution in [3.8, 4) is 0 Å². The Morgan fingerprint density at radius 3 is 2.71 bits per heavy atom. The molecule has 5 heteroatoms. The monoisotopic (exact) mass is 196 g/mol. The lowest BCUT2D eigenvalue weighted by Gasteiger charge is -2.10. The van der Waals surface area contributed by atoms with Gasteiger partial charge >= 0.3 is 0 Å². The van der Waals surface area contributed by atoms with Gasteiger partial charge in [-0.2, -0.15) is 5.06 Å². The Morgan fingerprint density at radius 2 is 2.21 bits per heavy atom. The summed E-state index contributed by atoms with van der Waals surface area (Å²) < 4.78 is 0. The molecule has 14 heavy (non-hydrogen) atoms. The van der Waals surface area contributed by atoms with Crippen LogP contribution in [0.4, 0.5) is 5.69 Å². The topological polar surface area (TPSA) is 66.6 Å². The van der Waals surface area contributed by atoms with Gasteiger partial charge in [0.25, 0.3) is 5.69 Å². The molecule has 0 fully saturated rings. The van der Waals surface area contributed by atoms with Gasteiger partial charge < -0.3 is 5.21 Å². The van der Waals surface area contributed by atoms with Gasteiger partial charge in [0.15, 0.2) is 0 Å². The summed E-state index contributed by atoms with van der Waals surface area (Å²) >= 11 is 0. The van der Waals surface area contributed by atoms with E-state index in [9.17, 15) is 10.1 Å². The van der Waals surface area contributed by atoms with Gasteiger partial charge in [0.1, 0.15) is 0 Å². The van der Waals surface area contributed by atoms with Crippen LogP contribution in [-0.2, 0) is 6.54 Å². The molecule has 0 saturated carbocycles. The van der Waals surface area contributed by atoms with Gasteiger partial charge in [-0.1, -0.05) is 6.07 Å². The van der Waals surface area contributed by atoms with Crippen LogP contribution < -0.4 is 0 Å². The van der Waals surface area contributed by atoms with E-state index in [0.29, 0.717) is 0 Å². The molecule has 1 N–H and O–H groups in total. The van der Waals surface area contributed by atoms with Gasteiger partial charge in [-0.05, 0) is 18.1 Å². The zero-order chi connectivity index (χ0) is 10.7. The van der Waals surface area contributed by atoms with Crippen LogP contribution in [0, 0.1) is 17.0 Å². The van der Waals surface area contributed by atoms with Crippen LogP contribution in [0.2, 0.25) is 0 Å². The first-order chi connectivity index (χ1) is 6.50. The molecule has 1 aromatic rings. The molecule has 0 aromatic heterocycles. The van der Waals surface area contributed by atoms with Crippen molar-refractivity contribution in [3.05, 3.63) is 39.4 Å². The van der Waals surface area contributed by atoms with Crippen molar-refractivity contribution in [1.29, 1.82) is 0 Å². The van der Waals surface area contributed by atoms with Crippen LogP contribution in [0.5, 0.6) is 0 Å². The molecular weight excluding hydrogens is 184 g/mol. The van der Waals surface area contributed by atoms with E-state index in [1.54, 1.807) is 6.07 Å². The normalized spacial score (nSPS) is 10.6. The summed E-state index contributed by atoms with van der Waals surface area (Å²) in [6.07, 6.45) is 0. The summed E-state index contributed by atoms with van der Waals surface area (Å²) in [5.74, 6) is 0. The van der Waals surface area contributed by atoms with E-state index < -0.39 is 4.92 Å². The Kier molecular flexibility index (Phi) is 3.16. The van der Waals surface area contributed by atoms with Gasteiger partial charge in [0, 0.05) is 25.7 Å². The van der Waals surface area contributed by atoms with Gasteiger partial charge in [-0.25, -0.2) is 0 Å². The summed E-state index contributed by atoms with van der Waals surface area (Å²) in [6.45, 7) is 2.13. The number of rotatable bonds is 3. The van der Waals surface area contributed by atoms with Gasteiger partial charge in [-0.15, -0.1) is 0 Å². The van der Waals surface area contributed by atoms with E-state index in [2.05, 4.69) is 0 Å². The minimum atomic E-state index is -0.444. The highest BCUT2D eigenvalue weighted by Gasteiger charge is 2.09. The van der Waals surface area contributed by atoms with E-state index >= 15 is 0 Å². The summed E-state index contributed by atoms with van der Waals surface area (Å²) in [6, 6.07) is 4.61. The van der Waals surface area contributed by atoms with Crippen LogP contribution >= 0.6 is 0 Å². The van der Waals surface area contributed by atoms with E-state index in [1.807, 2.05) is 6.92 Å². The predicted octanol–water partition coefficient (Wildman–Crippen LogP) is 1.72. The lowest BCUT2D eigenvalue weighted by atomic mass is 10.1. The van der Waals surface area contributed by atoms with Crippen molar-refractivity contribution >= 4 is 5.69 Å². The fraction of sp³-hybridized carbons (Fsp3) is 0.333. The smallest absolute Gasteiger partial charge is 0.269 e. The molecule has 0 unspecified atom stereocenters. The van der Waals surface area contributed by atoms with Crippen LogP contribution in [-0.4, -0.2) is 22.2 Å². The highest BCUT2D eigenvalue weighted by Crippen LogP contribution is 2.17. The molecule has 0 saturated heterocycles. The molecule has 0 aliphatic heterocycles. The summed E-state index contributed by atoms with van der Waals surface area (Å²) in [7, 11) is 1.50. The molecule has 1 rings (SSSR count). The molecule has 1 aromatic carbocycles. The largest absolute Gasteiger partial charge is 0.314 e. The zero-order valence-corrected chi connectivity index (χ0v) is 8.10. The fourth-order valence-electron chi connectivity index (χ4n) is 1.19. The second kappa shape index (κ2) is 4.17. The summed E-state index contributed by atoms with van der Waals surface area (Å²) in [4.78, 5) is 10.0. The van der Waals surface area contributed by atoms with Crippen molar-refractivity contribution in [2.45, 2.75) is 13.5 Å². The van der Waals surface area contributed by atoms with Crippen molar-refractivity contribution in [2.75, 3.05) is 7.05 Å². The highest BCUT2D eigenvalue weighted by molar-refractivity contribution is 5.39. The van der Waals surface area contributed by atoms with Crippen molar-refractivity contribution in [3.63, 3.8) is 0 Å². The third kappa shape index (κ3) is 2.51. The predicted molar refractivity (Wildman–Crippen MR) is 51.1 cm³/mol. The number of hydrogen-bond acceptors (Lipinski definition) is 4. The van der Waals surface area contributed by atoms with Crippen LogP contribution in [0.15, 0.2) is 18.2 Å². The third-order valence-corrected chi connectivity index (χ3v) is 1.94. The first-order valence-electron chi connectivity index (χ1n) is 4.14. The number of benzene rings is 1. The van der Waals surface area contributed by atoms with Crippen LogP contribution in [0.25, 0.3) is 0 Å². The number of nitro groups is 1.